The lowest BCUT2D eigenvalue weighted by Crippen LogP contribution is -2.32. The molecule has 1 heterocycles. The van der Waals surface area contributed by atoms with Crippen molar-refractivity contribution in [1.82, 2.24) is 4.57 Å². The summed E-state index contributed by atoms with van der Waals surface area (Å²) >= 11 is 0. The number of anilines is 1. The molecule has 1 atom stereocenters. The second-order valence-corrected chi connectivity index (χ2v) is 5.27. The SMILES string of the molecule is CCn1c2ccccc2c2cc(NC(=O)[C@H](C)N)ccc21. The third-order valence-corrected chi connectivity index (χ3v) is 3.77. The molecule has 108 valence electrons. The van der Waals surface area contributed by atoms with E-state index in [9.17, 15) is 4.79 Å². The Labute approximate surface area is 123 Å². The molecule has 0 unspecified atom stereocenters. The molecule has 0 bridgehead atoms. The second-order valence-electron chi connectivity index (χ2n) is 5.27. The summed E-state index contributed by atoms with van der Waals surface area (Å²) in [5, 5.41) is 5.20. The Balaban J connectivity index is 2.17. The molecule has 21 heavy (non-hydrogen) atoms. The molecule has 0 fully saturated rings. The molecule has 4 heteroatoms. The van der Waals surface area contributed by atoms with Gasteiger partial charge in [-0.15, -0.1) is 0 Å². The Morgan fingerprint density at radius 3 is 2.62 bits per heavy atom. The van der Waals surface area contributed by atoms with Gasteiger partial charge < -0.3 is 15.6 Å². The Bertz CT molecular complexity index is 817. The fourth-order valence-corrected chi connectivity index (χ4v) is 2.73. The largest absolute Gasteiger partial charge is 0.341 e. The van der Waals surface area contributed by atoms with E-state index in [1.807, 2.05) is 24.3 Å². The van der Waals surface area contributed by atoms with E-state index < -0.39 is 6.04 Å². The van der Waals surface area contributed by atoms with Crippen LogP contribution in [0.2, 0.25) is 0 Å². The van der Waals surface area contributed by atoms with Gasteiger partial charge in [0.25, 0.3) is 0 Å². The predicted molar refractivity (Wildman–Crippen MR) is 87.4 cm³/mol. The number of aryl methyl sites for hydroxylation is 1. The van der Waals surface area contributed by atoms with Gasteiger partial charge in [0.2, 0.25) is 5.91 Å². The molecular formula is C17H19N3O. The monoisotopic (exact) mass is 281 g/mol. The molecule has 0 radical (unpaired) electrons. The third kappa shape index (κ3) is 2.28. The van der Waals surface area contributed by atoms with E-state index in [2.05, 4.69) is 35.0 Å². The number of hydrogen-bond acceptors (Lipinski definition) is 2. The third-order valence-electron chi connectivity index (χ3n) is 3.77. The van der Waals surface area contributed by atoms with Crippen LogP contribution < -0.4 is 11.1 Å². The fourth-order valence-electron chi connectivity index (χ4n) is 2.73. The van der Waals surface area contributed by atoms with Crippen molar-refractivity contribution in [3.63, 3.8) is 0 Å². The van der Waals surface area contributed by atoms with Crippen molar-refractivity contribution in [2.24, 2.45) is 5.73 Å². The van der Waals surface area contributed by atoms with Gasteiger partial charge >= 0.3 is 0 Å². The van der Waals surface area contributed by atoms with Crippen LogP contribution in [-0.4, -0.2) is 16.5 Å². The zero-order chi connectivity index (χ0) is 15.0. The smallest absolute Gasteiger partial charge is 0.240 e. The van der Waals surface area contributed by atoms with Crippen molar-refractivity contribution in [1.29, 1.82) is 0 Å². The van der Waals surface area contributed by atoms with Crippen LogP contribution in [0.4, 0.5) is 5.69 Å². The number of aromatic nitrogens is 1. The van der Waals surface area contributed by atoms with Gasteiger partial charge in [-0.3, -0.25) is 4.79 Å². The van der Waals surface area contributed by atoms with E-state index in [4.69, 9.17) is 5.73 Å². The van der Waals surface area contributed by atoms with Crippen molar-refractivity contribution in [3.8, 4) is 0 Å². The van der Waals surface area contributed by atoms with Crippen LogP contribution in [0.5, 0.6) is 0 Å². The van der Waals surface area contributed by atoms with Crippen LogP contribution in [0.1, 0.15) is 13.8 Å². The first kappa shape index (κ1) is 13.6. The number of carbonyl (C=O) groups excluding carboxylic acids is 1. The molecule has 1 aromatic heterocycles. The molecular weight excluding hydrogens is 262 g/mol. The van der Waals surface area contributed by atoms with Gasteiger partial charge in [-0.1, -0.05) is 18.2 Å². The summed E-state index contributed by atoms with van der Waals surface area (Å²) in [5.41, 5.74) is 8.77. The van der Waals surface area contributed by atoms with Gasteiger partial charge in [0, 0.05) is 34.0 Å². The summed E-state index contributed by atoms with van der Waals surface area (Å²) in [4.78, 5) is 11.7. The molecule has 2 aromatic carbocycles. The van der Waals surface area contributed by atoms with Crippen molar-refractivity contribution in [3.05, 3.63) is 42.5 Å². The first-order valence-electron chi connectivity index (χ1n) is 7.19. The minimum Gasteiger partial charge on any atom is -0.341 e. The number of nitrogens with one attached hydrogen (secondary N) is 1. The summed E-state index contributed by atoms with van der Waals surface area (Å²) in [6, 6.07) is 13.8. The molecule has 0 saturated carbocycles. The van der Waals surface area contributed by atoms with Gasteiger partial charge in [0.1, 0.15) is 0 Å². The minimum atomic E-state index is -0.516. The number of carbonyl (C=O) groups is 1. The van der Waals surface area contributed by atoms with E-state index in [-0.39, 0.29) is 5.91 Å². The summed E-state index contributed by atoms with van der Waals surface area (Å²) < 4.78 is 2.28. The fraction of sp³-hybridized carbons (Fsp3) is 0.235. The molecule has 0 aliphatic rings. The highest BCUT2D eigenvalue weighted by atomic mass is 16.2. The van der Waals surface area contributed by atoms with Gasteiger partial charge in [0.15, 0.2) is 0 Å². The summed E-state index contributed by atoms with van der Waals surface area (Å²) in [6.07, 6.45) is 0. The highest BCUT2D eigenvalue weighted by Gasteiger charge is 2.11. The van der Waals surface area contributed by atoms with Gasteiger partial charge in [-0.05, 0) is 38.1 Å². The quantitative estimate of drug-likeness (QED) is 0.775. The topological polar surface area (TPSA) is 60.0 Å². The molecule has 1 amide bonds. The Kier molecular flexibility index (Phi) is 3.39. The first-order valence-corrected chi connectivity index (χ1v) is 7.19. The lowest BCUT2D eigenvalue weighted by Gasteiger charge is -2.08. The maximum Gasteiger partial charge on any atom is 0.240 e. The number of rotatable bonds is 3. The van der Waals surface area contributed by atoms with Crippen molar-refractivity contribution >= 4 is 33.4 Å². The molecule has 4 nitrogen and oxygen atoms in total. The predicted octanol–water partition coefficient (Wildman–Crippen LogP) is 3.10. The Morgan fingerprint density at radius 2 is 1.90 bits per heavy atom. The number of nitrogens with two attached hydrogens (primary N) is 1. The zero-order valence-corrected chi connectivity index (χ0v) is 12.3. The maximum atomic E-state index is 11.7. The van der Waals surface area contributed by atoms with Crippen molar-refractivity contribution < 1.29 is 4.79 Å². The maximum absolute atomic E-state index is 11.7. The molecule has 0 aliphatic heterocycles. The number of nitrogens with zero attached hydrogens (tertiary/aromatic N) is 1. The van der Waals surface area contributed by atoms with E-state index >= 15 is 0 Å². The first-order chi connectivity index (χ1) is 10.1. The number of amides is 1. The van der Waals surface area contributed by atoms with Crippen LogP contribution in [0, 0.1) is 0 Å². The molecule has 0 saturated heterocycles. The second kappa shape index (κ2) is 5.22. The number of para-hydroxylation sites is 1. The molecule has 3 rings (SSSR count). The van der Waals surface area contributed by atoms with Crippen molar-refractivity contribution in [2.45, 2.75) is 26.4 Å². The van der Waals surface area contributed by atoms with Crippen LogP contribution >= 0.6 is 0 Å². The zero-order valence-electron chi connectivity index (χ0n) is 12.3. The normalized spacial score (nSPS) is 12.7. The Morgan fingerprint density at radius 1 is 1.19 bits per heavy atom. The molecule has 3 aromatic rings. The summed E-state index contributed by atoms with van der Waals surface area (Å²) in [6.45, 7) is 4.73. The molecule has 3 N–H and O–H groups in total. The molecule has 0 aliphatic carbocycles. The van der Waals surface area contributed by atoms with E-state index in [0.717, 1.165) is 17.6 Å². The number of fused-ring (bicyclic) bond motifs is 3. The standard InChI is InChI=1S/C17H19N3O/c1-3-20-15-7-5-4-6-13(15)14-10-12(8-9-16(14)20)19-17(21)11(2)18/h4-11H,3,18H2,1-2H3,(H,19,21)/t11-/m0/s1. The van der Waals surface area contributed by atoms with Crippen LogP contribution in [0.3, 0.4) is 0 Å². The van der Waals surface area contributed by atoms with E-state index in [1.54, 1.807) is 6.92 Å². The number of hydrogen-bond donors (Lipinski definition) is 2. The summed E-state index contributed by atoms with van der Waals surface area (Å²) in [7, 11) is 0. The van der Waals surface area contributed by atoms with Gasteiger partial charge in [0.05, 0.1) is 6.04 Å². The Hall–Kier alpha value is -2.33. The van der Waals surface area contributed by atoms with Crippen molar-refractivity contribution in [2.75, 3.05) is 5.32 Å². The van der Waals surface area contributed by atoms with Gasteiger partial charge in [-0.25, -0.2) is 0 Å². The van der Waals surface area contributed by atoms with Gasteiger partial charge in [-0.2, -0.15) is 0 Å². The highest BCUT2D eigenvalue weighted by molar-refractivity contribution is 6.10. The highest BCUT2D eigenvalue weighted by Crippen LogP contribution is 2.30. The molecule has 0 spiro atoms. The van der Waals surface area contributed by atoms with Crippen LogP contribution in [0.15, 0.2) is 42.5 Å². The average Bonchev–Trinajstić information content (AvgIpc) is 2.80. The van der Waals surface area contributed by atoms with E-state index in [0.29, 0.717) is 0 Å². The lowest BCUT2D eigenvalue weighted by molar-refractivity contribution is -0.117. The minimum absolute atomic E-state index is 0.173. The average molecular weight is 281 g/mol. The van der Waals surface area contributed by atoms with E-state index in [1.165, 1.54) is 16.4 Å². The number of benzene rings is 2. The summed E-state index contributed by atoms with van der Waals surface area (Å²) in [5.74, 6) is -0.173. The van der Waals surface area contributed by atoms with Crippen LogP contribution in [-0.2, 0) is 11.3 Å². The lowest BCUT2D eigenvalue weighted by atomic mass is 10.1. The van der Waals surface area contributed by atoms with Crippen LogP contribution in [0.25, 0.3) is 21.8 Å².